The van der Waals surface area contributed by atoms with Crippen LogP contribution in [0.25, 0.3) is 0 Å². The summed E-state index contributed by atoms with van der Waals surface area (Å²) in [4.78, 5) is 14.9. The molecule has 0 radical (unpaired) electrons. The van der Waals surface area contributed by atoms with Gasteiger partial charge in [0.15, 0.2) is 5.78 Å². The third-order valence-corrected chi connectivity index (χ3v) is 5.57. The lowest BCUT2D eigenvalue weighted by Gasteiger charge is -2.35. The van der Waals surface area contributed by atoms with Gasteiger partial charge in [-0.3, -0.25) is 9.69 Å². The van der Waals surface area contributed by atoms with E-state index in [0.717, 1.165) is 31.4 Å². The van der Waals surface area contributed by atoms with Gasteiger partial charge in [0, 0.05) is 12.1 Å². The summed E-state index contributed by atoms with van der Waals surface area (Å²) in [5.41, 5.74) is 1.31. The second kappa shape index (κ2) is 6.78. The molecule has 1 saturated heterocycles. The molecule has 0 amide bonds. The number of fused-ring (bicyclic) bond motifs is 1. The van der Waals surface area contributed by atoms with E-state index < -0.39 is 6.10 Å². The van der Waals surface area contributed by atoms with Crippen LogP contribution in [-0.2, 0) is 0 Å². The van der Waals surface area contributed by atoms with Crippen LogP contribution in [0.5, 0.6) is 23.0 Å². The van der Waals surface area contributed by atoms with Gasteiger partial charge in [0.05, 0.1) is 12.0 Å². The molecule has 0 spiro atoms. The predicted octanol–water partition coefficient (Wildman–Crippen LogP) is 3.67. The standard InChI is InChI=1S/C21H23NO5/c1-22-9-3-2-4-14(22)19-15(24)11-18-20(21(19)26)16(25)10-17(27-18)12-5-7-13(23)8-6-12/h5-8,11,14,17,23-24,26H,2-4,9-10H2,1H3. The van der Waals surface area contributed by atoms with E-state index in [1.807, 2.05) is 7.05 Å². The number of carbonyl (C=O) groups is 1. The molecule has 0 aromatic heterocycles. The van der Waals surface area contributed by atoms with Crippen molar-refractivity contribution in [1.29, 1.82) is 0 Å². The SMILES string of the molecule is CN1CCCCC1c1c(O)cc2c(c1O)C(=O)CC(c1ccc(O)cc1)O2. The summed E-state index contributed by atoms with van der Waals surface area (Å²) in [5.74, 6) is -0.104. The van der Waals surface area contributed by atoms with Gasteiger partial charge in [-0.05, 0) is 44.1 Å². The Balaban J connectivity index is 1.72. The number of aromatic hydroxyl groups is 3. The fraction of sp³-hybridized carbons (Fsp3) is 0.381. The summed E-state index contributed by atoms with van der Waals surface area (Å²) in [6, 6.07) is 7.79. The molecule has 2 aliphatic rings. The minimum Gasteiger partial charge on any atom is -0.508 e. The van der Waals surface area contributed by atoms with Gasteiger partial charge in [0.25, 0.3) is 0 Å². The Labute approximate surface area is 157 Å². The molecule has 3 N–H and O–H groups in total. The van der Waals surface area contributed by atoms with Crippen molar-refractivity contribution >= 4 is 5.78 Å². The molecule has 4 rings (SSSR count). The first-order chi connectivity index (χ1) is 13.0. The van der Waals surface area contributed by atoms with Crippen molar-refractivity contribution in [1.82, 2.24) is 4.90 Å². The second-order valence-electron chi connectivity index (χ2n) is 7.35. The molecule has 2 aliphatic heterocycles. The number of carbonyl (C=O) groups excluding carboxylic acids is 1. The minimum absolute atomic E-state index is 0.0517. The second-order valence-corrected chi connectivity index (χ2v) is 7.35. The zero-order valence-electron chi connectivity index (χ0n) is 15.2. The lowest BCUT2D eigenvalue weighted by Crippen LogP contribution is -2.30. The van der Waals surface area contributed by atoms with Crippen LogP contribution in [0.15, 0.2) is 30.3 Å². The van der Waals surface area contributed by atoms with Crippen molar-refractivity contribution in [3.05, 3.63) is 47.0 Å². The third-order valence-electron chi connectivity index (χ3n) is 5.57. The van der Waals surface area contributed by atoms with Gasteiger partial charge < -0.3 is 20.1 Å². The first-order valence-electron chi connectivity index (χ1n) is 9.23. The topological polar surface area (TPSA) is 90.2 Å². The Kier molecular flexibility index (Phi) is 4.44. The number of nitrogens with zero attached hydrogens (tertiary/aromatic N) is 1. The van der Waals surface area contributed by atoms with Crippen molar-refractivity contribution in [3.8, 4) is 23.0 Å². The highest BCUT2D eigenvalue weighted by molar-refractivity contribution is 6.03. The van der Waals surface area contributed by atoms with Crippen LogP contribution in [0.1, 0.15) is 59.3 Å². The third kappa shape index (κ3) is 3.10. The minimum atomic E-state index is -0.521. The van der Waals surface area contributed by atoms with Crippen LogP contribution in [0.3, 0.4) is 0 Å². The smallest absolute Gasteiger partial charge is 0.174 e. The van der Waals surface area contributed by atoms with E-state index in [4.69, 9.17) is 4.74 Å². The Morgan fingerprint density at radius 3 is 2.56 bits per heavy atom. The van der Waals surface area contributed by atoms with Gasteiger partial charge in [-0.1, -0.05) is 18.6 Å². The van der Waals surface area contributed by atoms with Gasteiger partial charge in [0.1, 0.15) is 34.7 Å². The molecule has 142 valence electrons. The van der Waals surface area contributed by atoms with Crippen molar-refractivity contribution in [2.24, 2.45) is 0 Å². The molecule has 6 heteroatoms. The van der Waals surface area contributed by atoms with Crippen LogP contribution in [0, 0.1) is 0 Å². The molecule has 2 aromatic rings. The fourth-order valence-corrected chi connectivity index (χ4v) is 4.12. The number of hydrogen-bond acceptors (Lipinski definition) is 6. The Hall–Kier alpha value is -2.73. The number of hydrogen-bond donors (Lipinski definition) is 3. The number of ketones is 1. The molecule has 0 saturated carbocycles. The zero-order chi connectivity index (χ0) is 19.1. The van der Waals surface area contributed by atoms with Crippen LogP contribution in [-0.4, -0.2) is 39.6 Å². The van der Waals surface area contributed by atoms with Crippen LogP contribution < -0.4 is 4.74 Å². The number of rotatable bonds is 2. The van der Waals surface area contributed by atoms with Crippen molar-refractivity contribution in [2.75, 3.05) is 13.6 Å². The van der Waals surface area contributed by atoms with Crippen LogP contribution in [0.2, 0.25) is 0 Å². The summed E-state index contributed by atoms with van der Waals surface area (Å²) in [6.45, 7) is 0.883. The fourth-order valence-electron chi connectivity index (χ4n) is 4.12. The molecule has 2 atom stereocenters. The predicted molar refractivity (Wildman–Crippen MR) is 99.4 cm³/mol. The number of Topliss-reactive ketones (excluding diaryl/α,β-unsaturated/α-hetero) is 1. The largest absolute Gasteiger partial charge is 0.508 e. The van der Waals surface area contributed by atoms with E-state index in [1.165, 1.54) is 18.2 Å². The Bertz CT molecular complexity index is 877. The molecular weight excluding hydrogens is 346 g/mol. The number of piperidine rings is 1. The maximum absolute atomic E-state index is 12.8. The number of benzene rings is 2. The van der Waals surface area contributed by atoms with Gasteiger partial charge in [-0.15, -0.1) is 0 Å². The van der Waals surface area contributed by atoms with E-state index >= 15 is 0 Å². The normalized spacial score (nSPS) is 22.9. The molecule has 27 heavy (non-hydrogen) atoms. The summed E-state index contributed by atoms with van der Waals surface area (Å²) in [7, 11) is 1.96. The number of likely N-dealkylation sites (tertiary alicyclic amines) is 1. The van der Waals surface area contributed by atoms with Gasteiger partial charge in [0.2, 0.25) is 0 Å². The van der Waals surface area contributed by atoms with E-state index in [0.29, 0.717) is 5.56 Å². The Morgan fingerprint density at radius 2 is 1.85 bits per heavy atom. The van der Waals surface area contributed by atoms with E-state index in [-0.39, 0.29) is 46.8 Å². The first-order valence-corrected chi connectivity index (χ1v) is 9.23. The lowest BCUT2D eigenvalue weighted by molar-refractivity contribution is 0.0842. The molecule has 0 aliphatic carbocycles. The average Bonchev–Trinajstić information content (AvgIpc) is 2.63. The highest BCUT2D eigenvalue weighted by atomic mass is 16.5. The summed E-state index contributed by atoms with van der Waals surface area (Å²) in [6.07, 6.45) is 2.49. The van der Waals surface area contributed by atoms with Crippen LogP contribution >= 0.6 is 0 Å². The molecule has 0 bridgehead atoms. The Morgan fingerprint density at radius 1 is 1.11 bits per heavy atom. The van der Waals surface area contributed by atoms with Crippen molar-refractivity contribution in [2.45, 2.75) is 37.8 Å². The van der Waals surface area contributed by atoms with E-state index in [1.54, 1.807) is 12.1 Å². The van der Waals surface area contributed by atoms with Gasteiger partial charge in [-0.2, -0.15) is 0 Å². The number of phenols is 3. The van der Waals surface area contributed by atoms with E-state index in [9.17, 15) is 20.1 Å². The molecule has 2 unspecified atom stereocenters. The van der Waals surface area contributed by atoms with Gasteiger partial charge >= 0.3 is 0 Å². The average molecular weight is 369 g/mol. The maximum atomic E-state index is 12.8. The van der Waals surface area contributed by atoms with Crippen molar-refractivity contribution in [3.63, 3.8) is 0 Å². The summed E-state index contributed by atoms with van der Waals surface area (Å²) >= 11 is 0. The molecule has 6 nitrogen and oxygen atoms in total. The maximum Gasteiger partial charge on any atom is 0.174 e. The lowest BCUT2D eigenvalue weighted by atomic mass is 9.89. The molecule has 2 aromatic carbocycles. The van der Waals surface area contributed by atoms with Gasteiger partial charge in [-0.25, -0.2) is 0 Å². The zero-order valence-corrected chi connectivity index (χ0v) is 15.2. The first kappa shape index (κ1) is 17.7. The monoisotopic (exact) mass is 369 g/mol. The number of phenolic OH excluding ortho intramolecular Hbond substituents is 3. The van der Waals surface area contributed by atoms with E-state index in [2.05, 4.69) is 4.90 Å². The quantitative estimate of drug-likeness (QED) is 0.748. The number of ether oxygens (including phenoxy) is 1. The highest BCUT2D eigenvalue weighted by Gasteiger charge is 2.35. The molecule has 2 heterocycles. The summed E-state index contributed by atoms with van der Waals surface area (Å²) < 4.78 is 5.92. The molecule has 1 fully saturated rings. The summed E-state index contributed by atoms with van der Waals surface area (Å²) in [5, 5.41) is 30.8. The van der Waals surface area contributed by atoms with Crippen molar-refractivity contribution < 1.29 is 24.9 Å². The van der Waals surface area contributed by atoms with Crippen LogP contribution in [0.4, 0.5) is 0 Å². The molecular formula is C21H23NO5. The highest BCUT2D eigenvalue weighted by Crippen LogP contribution is 2.48.